The maximum atomic E-state index is 11.3. The minimum atomic E-state index is -0.141. The van der Waals surface area contributed by atoms with Crippen LogP contribution in [0.3, 0.4) is 0 Å². The monoisotopic (exact) mass is 259 g/mol. The van der Waals surface area contributed by atoms with Gasteiger partial charge in [-0.25, -0.2) is 4.98 Å². The number of hydrogen-bond acceptors (Lipinski definition) is 3. The minimum absolute atomic E-state index is 0.141. The lowest BCUT2D eigenvalue weighted by molar-refractivity contribution is 0.773. The average Bonchev–Trinajstić information content (AvgIpc) is 2.15. The van der Waals surface area contributed by atoms with Crippen LogP contribution < -0.4 is 10.5 Å². The number of H-pyrrole nitrogens is 1. The summed E-state index contributed by atoms with van der Waals surface area (Å²) in [6.45, 7) is 2.89. The van der Waals surface area contributed by atoms with Crippen LogP contribution >= 0.6 is 15.9 Å². The van der Waals surface area contributed by atoms with Crippen LogP contribution in [0.2, 0.25) is 0 Å². The summed E-state index contributed by atoms with van der Waals surface area (Å²) in [5.74, 6) is 0.473. The van der Waals surface area contributed by atoms with Gasteiger partial charge in [-0.15, -0.1) is 0 Å². The molecule has 0 bridgehead atoms. The molecular weight excluding hydrogens is 246 g/mol. The van der Waals surface area contributed by atoms with E-state index >= 15 is 0 Å². The summed E-state index contributed by atoms with van der Waals surface area (Å²) in [4.78, 5) is 20.3. The number of alkyl halides is 1. The molecule has 1 rings (SSSR count). The topological polar surface area (TPSA) is 49.0 Å². The van der Waals surface area contributed by atoms with E-state index in [0.717, 1.165) is 13.0 Å². The van der Waals surface area contributed by atoms with Crippen LogP contribution in [0.1, 0.15) is 13.3 Å². The van der Waals surface area contributed by atoms with Crippen LogP contribution in [0.25, 0.3) is 0 Å². The molecule has 0 spiro atoms. The zero-order chi connectivity index (χ0) is 10.6. The van der Waals surface area contributed by atoms with Crippen LogP contribution in [0.4, 0.5) is 5.82 Å². The van der Waals surface area contributed by atoms with E-state index < -0.39 is 0 Å². The van der Waals surface area contributed by atoms with E-state index in [-0.39, 0.29) is 5.56 Å². The Morgan fingerprint density at radius 3 is 3.00 bits per heavy atom. The fourth-order valence-electron chi connectivity index (χ4n) is 1.09. The highest BCUT2D eigenvalue weighted by Gasteiger charge is 2.07. The highest BCUT2D eigenvalue weighted by molar-refractivity contribution is 9.09. The second-order valence-electron chi connectivity index (χ2n) is 3.23. The third kappa shape index (κ3) is 3.14. The standard InChI is InChI=1S/C9H14BrN3O/c1-7(10)3-6-13(2)8-9(14)12-5-4-11-8/h4-5,7H,3,6H2,1-2H3,(H,12,14). The molecule has 0 saturated carbocycles. The molecule has 1 aromatic rings. The minimum Gasteiger partial charge on any atom is -0.355 e. The number of hydrogen-bond donors (Lipinski definition) is 1. The first-order chi connectivity index (χ1) is 6.61. The summed E-state index contributed by atoms with van der Waals surface area (Å²) >= 11 is 3.46. The van der Waals surface area contributed by atoms with Crippen molar-refractivity contribution in [2.24, 2.45) is 0 Å². The lowest BCUT2D eigenvalue weighted by atomic mass is 10.3. The Kier molecular flexibility index (Phi) is 4.13. The fourth-order valence-corrected chi connectivity index (χ4v) is 1.30. The predicted octanol–water partition coefficient (Wildman–Crippen LogP) is 1.38. The van der Waals surface area contributed by atoms with Crippen LogP contribution in [0.5, 0.6) is 0 Å². The quantitative estimate of drug-likeness (QED) is 0.832. The third-order valence-electron chi connectivity index (χ3n) is 1.91. The van der Waals surface area contributed by atoms with E-state index in [1.807, 2.05) is 11.9 Å². The number of nitrogens with one attached hydrogen (secondary N) is 1. The van der Waals surface area contributed by atoms with Crippen molar-refractivity contribution in [3.8, 4) is 0 Å². The molecule has 0 aliphatic heterocycles. The second kappa shape index (κ2) is 5.14. The normalized spacial score (nSPS) is 12.5. The molecule has 1 aromatic heterocycles. The SMILES string of the molecule is CC(Br)CCN(C)c1ncc[nH]c1=O. The molecule has 0 amide bonds. The van der Waals surface area contributed by atoms with Crippen LogP contribution in [0.15, 0.2) is 17.2 Å². The molecule has 78 valence electrons. The molecule has 0 aromatic carbocycles. The maximum absolute atomic E-state index is 11.3. The average molecular weight is 260 g/mol. The fraction of sp³-hybridized carbons (Fsp3) is 0.556. The molecular formula is C9H14BrN3O. The summed E-state index contributed by atoms with van der Waals surface area (Å²) in [5, 5.41) is 0. The lowest BCUT2D eigenvalue weighted by Gasteiger charge is -2.17. The first-order valence-electron chi connectivity index (χ1n) is 4.50. The number of aromatic amines is 1. The highest BCUT2D eigenvalue weighted by Crippen LogP contribution is 2.06. The molecule has 1 unspecified atom stereocenters. The Morgan fingerprint density at radius 1 is 1.71 bits per heavy atom. The van der Waals surface area contributed by atoms with Crippen molar-refractivity contribution in [1.82, 2.24) is 9.97 Å². The first-order valence-corrected chi connectivity index (χ1v) is 5.41. The largest absolute Gasteiger partial charge is 0.355 e. The summed E-state index contributed by atoms with van der Waals surface area (Å²) < 4.78 is 0. The number of rotatable bonds is 4. The molecule has 1 heterocycles. The van der Waals surface area contributed by atoms with E-state index in [4.69, 9.17) is 0 Å². The van der Waals surface area contributed by atoms with Gasteiger partial charge in [-0.3, -0.25) is 4.79 Å². The molecule has 4 nitrogen and oxygen atoms in total. The number of nitrogens with zero attached hydrogens (tertiary/aromatic N) is 2. The Balaban J connectivity index is 2.65. The van der Waals surface area contributed by atoms with Gasteiger partial charge < -0.3 is 9.88 Å². The summed E-state index contributed by atoms with van der Waals surface area (Å²) in [5.41, 5.74) is -0.141. The van der Waals surface area contributed by atoms with Crippen molar-refractivity contribution in [3.05, 3.63) is 22.7 Å². The Morgan fingerprint density at radius 2 is 2.43 bits per heavy atom. The van der Waals surface area contributed by atoms with Gasteiger partial charge in [0.05, 0.1) is 0 Å². The molecule has 0 fully saturated rings. The summed E-state index contributed by atoms with van der Waals surface area (Å²) in [7, 11) is 1.87. The molecule has 0 radical (unpaired) electrons. The van der Waals surface area contributed by atoms with Gasteiger partial charge in [0.2, 0.25) is 0 Å². The second-order valence-corrected chi connectivity index (χ2v) is 4.80. The molecule has 1 N–H and O–H groups in total. The number of halogens is 1. The number of aromatic nitrogens is 2. The molecule has 5 heteroatoms. The van der Waals surface area contributed by atoms with Gasteiger partial charge in [-0.2, -0.15) is 0 Å². The third-order valence-corrected chi connectivity index (χ3v) is 2.37. The van der Waals surface area contributed by atoms with E-state index in [1.165, 1.54) is 6.20 Å². The maximum Gasteiger partial charge on any atom is 0.290 e. The van der Waals surface area contributed by atoms with Gasteiger partial charge in [-0.05, 0) is 6.42 Å². The van der Waals surface area contributed by atoms with Crippen molar-refractivity contribution in [3.63, 3.8) is 0 Å². The Bertz CT molecular complexity index is 337. The van der Waals surface area contributed by atoms with Gasteiger partial charge >= 0.3 is 0 Å². The molecule has 0 saturated heterocycles. The van der Waals surface area contributed by atoms with Gasteiger partial charge in [0, 0.05) is 30.8 Å². The molecule has 14 heavy (non-hydrogen) atoms. The smallest absolute Gasteiger partial charge is 0.290 e. The molecule has 0 aliphatic carbocycles. The van der Waals surface area contributed by atoms with E-state index in [2.05, 4.69) is 32.8 Å². The van der Waals surface area contributed by atoms with Crippen molar-refractivity contribution in [2.45, 2.75) is 18.2 Å². The van der Waals surface area contributed by atoms with Crippen molar-refractivity contribution >= 4 is 21.7 Å². The lowest BCUT2D eigenvalue weighted by Crippen LogP contribution is -2.27. The first kappa shape index (κ1) is 11.2. The predicted molar refractivity (Wildman–Crippen MR) is 61.1 cm³/mol. The van der Waals surface area contributed by atoms with Crippen molar-refractivity contribution in [2.75, 3.05) is 18.5 Å². The van der Waals surface area contributed by atoms with Crippen LogP contribution in [0, 0.1) is 0 Å². The van der Waals surface area contributed by atoms with E-state index in [9.17, 15) is 4.79 Å². The van der Waals surface area contributed by atoms with Gasteiger partial charge in [0.15, 0.2) is 5.82 Å². The Hall–Kier alpha value is -0.840. The van der Waals surface area contributed by atoms with Crippen molar-refractivity contribution in [1.29, 1.82) is 0 Å². The number of anilines is 1. The van der Waals surface area contributed by atoms with Crippen molar-refractivity contribution < 1.29 is 0 Å². The van der Waals surface area contributed by atoms with E-state index in [0.29, 0.717) is 10.6 Å². The van der Waals surface area contributed by atoms with Gasteiger partial charge in [0.1, 0.15) is 0 Å². The van der Waals surface area contributed by atoms with Gasteiger partial charge in [-0.1, -0.05) is 22.9 Å². The summed E-state index contributed by atoms with van der Waals surface area (Å²) in [6.07, 6.45) is 4.10. The molecule has 1 atom stereocenters. The summed E-state index contributed by atoms with van der Waals surface area (Å²) in [6, 6.07) is 0. The van der Waals surface area contributed by atoms with Crippen LogP contribution in [-0.2, 0) is 0 Å². The van der Waals surface area contributed by atoms with E-state index in [1.54, 1.807) is 6.20 Å². The van der Waals surface area contributed by atoms with Gasteiger partial charge in [0.25, 0.3) is 5.56 Å². The zero-order valence-electron chi connectivity index (χ0n) is 8.33. The zero-order valence-corrected chi connectivity index (χ0v) is 9.91. The van der Waals surface area contributed by atoms with Crippen LogP contribution in [-0.4, -0.2) is 28.4 Å². The molecule has 0 aliphatic rings. The Labute approximate surface area is 91.5 Å². The highest BCUT2D eigenvalue weighted by atomic mass is 79.9.